The van der Waals surface area contributed by atoms with Gasteiger partial charge in [-0.25, -0.2) is 0 Å². The summed E-state index contributed by atoms with van der Waals surface area (Å²) in [7, 11) is 0. The first kappa shape index (κ1) is 18.0. The summed E-state index contributed by atoms with van der Waals surface area (Å²) in [6.07, 6.45) is 2.51. The molecule has 0 aromatic heterocycles. The zero-order valence-corrected chi connectivity index (χ0v) is 16.2. The van der Waals surface area contributed by atoms with Gasteiger partial charge in [0, 0.05) is 18.0 Å². The molecule has 128 valence electrons. The predicted molar refractivity (Wildman–Crippen MR) is 93.8 cm³/mol. The smallest absolute Gasteiger partial charge is 0.152 e. The lowest BCUT2D eigenvalue weighted by atomic mass is 9.51. The van der Waals surface area contributed by atoms with Gasteiger partial charge in [0.2, 0.25) is 0 Å². The minimum Gasteiger partial charge on any atom is -0.298 e. The molecule has 0 radical (unpaired) electrons. The van der Waals surface area contributed by atoms with E-state index in [0.29, 0.717) is 35.1 Å². The number of hydrogen-bond donors (Lipinski definition) is 0. The Hall–Kier alpha value is -0.370. The lowest BCUT2D eigenvalue weighted by Crippen LogP contribution is -2.53. The van der Waals surface area contributed by atoms with Crippen molar-refractivity contribution in [3.05, 3.63) is 0 Å². The molecule has 3 unspecified atom stereocenters. The molecule has 1 aliphatic heterocycles. The van der Waals surface area contributed by atoms with Gasteiger partial charge in [-0.3, -0.25) is 9.69 Å². The second kappa shape index (κ2) is 5.61. The van der Waals surface area contributed by atoms with Crippen LogP contribution in [0.2, 0.25) is 0 Å². The van der Waals surface area contributed by atoms with Gasteiger partial charge in [0.05, 0.1) is 6.04 Å². The first-order valence-electron chi connectivity index (χ1n) is 9.24. The standard InChI is InChI=1S/C20H37NO/c1-12(2)18(22)17-14(5)16-15(21(17)13(3)4)10-11-19(6,7)20(16,8)9/h12-17H,10-11H2,1-9H3/t14?,15?,16?,17-/m0/s1. The normalized spacial score (nSPS) is 37.6. The number of nitrogens with zero attached hydrogens (tertiary/aromatic N) is 1. The number of carbonyl (C=O) groups excluding carboxylic acids is 1. The van der Waals surface area contributed by atoms with Crippen LogP contribution in [0.15, 0.2) is 0 Å². The molecule has 1 aliphatic carbocycles. The summed E-state index contributed by atoms with van der Waals surface area (Å²) < 4.78 is 0. The van der Waals surface area contributed by atoms with Crippen molar-refractivity contribution < 1.29 is 4.79 Å². The van der Waals surface area contributed by atoms with Crippen LogP contribution in [-0.4, -0.2) is 28.8 Å². The maximum atomic E-state index is 12.9. The molecule has 0 bridgehead atoms. The summed E-state index contributed by atoms with van der Waals surface area (Å²) >= 11 is 0. The van der Waals surface area contributed by atoms with Crippen molar-refractivity contribution in [3.8, 4) is 0 Å². The monoisotopic (exact) mass is 307 g/mol. The average Bonchev–Trinajstić information content (AvgIpc) is 2.67. The molecular formula is C20H37NO. The van der Waals surface area contributed by atoms with Crippen LogP contribution < -0.4 is 0 Å². The van der Waals surface area contributed by atoms with E-state index in [1.807, 2.05) is 0 Å². The van der Waals surface area contributed by atoms with Gasteiger partial charge in [0.15, 0.2) is 5.78 Å². The predicted octanol–water partition coefficient (Wildman–Crippen LogP) is 4.77. The van der Waals surface area contributed by atoms with E-state index in [4.69, 9.17) is 0 Å². The molecule has 2 fully saturated rings. The Bertz CT molecular complexity index is 435. The summed E-state index contributed by atoms with van der Waals surface area (Å²) in [5.74, 6) is 1.65. The van der Waals surface area contributed by atoms with Crippen molar-refractivity contribution in [2.45, 2.75) is 93.3 Å². The lowest BCUT2D eigenvalue weighted by molar-refractivity contribution is -0.128. The number of carbonyl (C=O) groups is 1. The Labute approximate surface area is 138 Å². The third-order valence-corrected chi connectivity index (χ3v) is 7.28. The summed E-state index contributed by atoms with van der Waals surface area (Å²) in [6.45, 7) is 20.7. The fourth-order valence-electron chi connectivity index (χ4n) is 5.41. The van der Waals surface area contributed by atoms with Crippen LogP contribution in [0.1, 0.15) is 75.2 Å². The van der Waals surface area contributed by atoms with E-state index in [1.165, 1.54) is 12.8 Å². The highest BCUT2D eigenvalue weighted by molar-refractivity contribution is 5.86. The zero-order chi connectivity index (χ0) is 17.0. The Balaban J connectivity index is 2.47. The molecular weight excluding hydrogens is 270 g/mol. The van der Waals surface area contributed by atoms with Crippen LogP contribution in [-0.2, 0) is 4.79 Å². The van der Waals surface area contributed by atoms with E-state index < -0.39 is 0 Å². The zero-order valence-electron chi connectivity index (χ0n) is 16.2. The van der Waals surface area contributed by atoms with Gasteiger partial charge in [0.1, 0.15) is 0 Å². The second-order valence-electron chi connectivity index (χ2n) is 9.64. The fraction of sp³-hybridized carbons (Fsp3) is 0.950. The van der Waals surface area contributed by atoms with Crippen molar-refractivity contribution in [1.29, 1.82) is 0 Å². The molecule has 4 atom stereocenters. The third kappa shape index (κ3) is 2.46. The molecule has 2 aliphatic rings. The Morgan fingerprint density at radius 2 is 1.64 bits per heavy atom. The lowest BCUT2D eigenvalue weighted by Gasteiger charge is -2.54. The molecule has 2 heteroatoms. The molecule has 0 aromatic carbocycles. The molecule has 0 aromatic rings. The van der Waals surface area contributed by atoms with Gasteiger partial charge in [-0.2, -0.15) is 0 Å². The van der Waals surface area contributed by atoms with Crippen LogP contribution >= 0.6 is 0 Å². The first-order valence-corrected chi connectivity index (χ1v) is 9.24. The SMILES string of the molecule is CC(C)C(=O)[C@@H]1C(C)C2C(CCC(C)(C)C2(C)C)N1C(C)C. The highest BCUT2D eigenvalue weighted by Gasteiger charge is 2.60. The summed E-state index contributed by atoms with van der Waals surface area (Å²) in [5, 5.41) is 0. The topological polar surface area (TPSA) is 20.3 Å². The minimum atomic E-state index is 0.114. The average molecular weight is 308 g/mol. The number of Topliss-reactive ketones (excluding diaryl/α,β-unsaturated/α-hetero) is 1. The van der Waals surface area contributed by atoms with E-state index in [-0.39, 0.29) is 17.4 Å². The van der Waals surface area contributed by atoms with Crippen LogP contribution in [0.25, 0.3) is 0 Å². The van der Waals surface area contributed by atoms with Gasteiger partial charge < -0.3 is 0 Å². The number of ketones is 1. The van der Waals surface area contributed by atoms with Crippen LogP contribution in [0.3, 0.4) is 0 Å². The molecule has 2 nitrogen and oxygen atoms in total. The number of likely N-dealkylation sites (tertiary alicyclic amines) is 1. The molecule has 1 saturated carbocycles. The number of rotatable bonds is 3. The molecule has 0 N–H and O–H groups in total. The number of fused-ring (bicyclic) bond motifs is 1. The number of hydrogen-bond acceptors (Lipinski definition) is 2. The minimum absolute atomic E-state index is 0.114. The fourth-order valence-corrected chi connectivity index (χ4v) is 5.41. The molecule has 0 spiro atoms. The van der Waals surface area contributed by atoms with Crippen LogP contribution in [0.4, 0.5) is 0 Å². The molecule has 22 heavy (non-hydrogen) atoms. The third-order valence-electron chi connectivity index (χ3n) is 7.28. The summed E-state index contributed by atoms with van der Waals surface area (Å²) in [6, 6.07) is 1.14. The Morgan fingerprint density at radius 3 is 2.09 bits per heavy atom. The van der Waals surface area contributed by atoms with Crippen molar-refractivity contribution in [2.24, 2.45) is 28.6 Å². The van der Waals surface area contributed by atoms with E-state index in [2.05, 4.69) is 67.2 Å². The summed E-state index contributed by atoms with van der Waals surface area (Å²) in [5.41, 5.74) is 0.620. The maximum Gasteiger partial charge on any atom is 0.152 e. The van der Waals surface area contributed by atoms with Gasteiger partial charge >= 0.3 is 0 Å². The summed E-state index contributed by atoms with van der Waals surface area (Å²) in [4.78, 5) is 15.5. The highest BCUT2D eigenvalue weighted by atomic mass is 16.1. The van der Waals surface area contributed by atoms with E-state index in [0.717, 1.165) is 0 Å². The van der Waals surface area contributed by atoms with Crippen molar-refractivity contribution in [2.75, 3.05) is 0 Å². The van der Waals surface area contributed by atoms with Gasteiger partial charge in [-0.15, -0.1) is 0 Å². The second-order valence-corrected chi connectivity index (χ2v) is 9.64. The van der Waals surface area contributed by atoms with Crippen molar-refractivity contribution >= 4 is 5.78 Å². The first-order chi connectivity index (χ1) is 9.93. The maximum absolute atomic E-state index is 12.9. The van der Waals surface area contributed by atoms with E-state index in [9.17, 15) is 4.79 Å². The van der Waals surface area contributed by atoms with Crippen molar-refractivity contribution in [1.82, 2.24) is 4.90 Å². The Kier molecular flexibility index (Phi) is 4.59. The molecule has 1 heterocycles. The van der Waals surface area contributed by atoms with Gasteiger partial charge in [0.25, 0.3) is 0 Å². The van der Waals surface area contributed by atoms with Crippen molar-refractivity contribution in [3.63, 3.8) is 0 Å². The Morgan fingerprint density at radius 1 is 1.09 bits per heavy atom. The van der Waals surface area contributed by atoms with E-state index in [1.54, 1.807) is 0 Å². The quantitative estimate of drug-likeness (QED) is 0.748. The molecule has 1 saturated heterocycles. The highest BCUT2D eigenvalue weighted by Crippen LogP contribution is 2.60. The largest absolute Gasteiger partial charge is 0.298 e. The van der Waals surface area contributed by atoms with Gasteiger partial charge in [-0.1, -0.05) is 48.5 Å². The van der Waals surface area contributed by atoms with Gasteiger partial charge in [-0.05, 0) is 49.4 Å². The molecule has 2 rings (SSSR count). The van der Waals surface area contributed by atoms with Crippen LogP contribution in [0.5, 0.6) is 0 Å². The van der Waals surface area contributed by atoms with E-state index >= 15 is 0 Å². The molecule has 0 amide bonds. The van der Waals surface area contributed by atoms with Crippen LogP contribution in [0, 0.1) is 28.6 Å².